The molecule has 5 heteroatoms. The molecule has 3 aromatic rings. The minimum Gasteiger partial charge on any atom is -0.508 e. The van der Waals surface area contributed by atoms with E-state index in [0.717, 1.165) is 65.6 Å². The van der Waals surface area contributed by atoms with Crippen molar-refractivity contribution in [3.05, 3.63) is 83.4 Å². The van der Waals surface area contributed by atoms with Crippen LogP contribution in [0.5, 0.6) is 23.0 Å². The monoisotopic (exact) mass is 497 g/mol. The molecular formula is C32H35NO4. The van der Waals surface area contributed by atoms with Gasteiger partial charge in [-0.15, -0.1) is 0 Å². The van der Waals surface area contributed by atoms with Crippen molar-refractivity contribution in [2.75, 3.05) is 19.7 Å². The zero-order valence-electron chi connectivity index (χ0n) is 21.6. The predicted molar refractivity (Wildman–Crippen MR) is 146 cm³/mol. The molecule has 2 N–H and O–H groups in total. The fraction of sp³-hybridized carbons (Fsp3) is 0.375. The second-order valence-corrected chi connectivity index (χ2v) is 10.9. The average molecular weight is 498 g/mol. The summed E-state index contributed by atoms with van der Waals surface area (Å²) in [5.41, 5.74) is 5.19. The molecule has 2 heterocycles. The van der Waals surface area contributed by atoms with Gasteiger partial charge in [-0.05, 0) is 104 Å². The third-order valence-electron chi connectivity index (χ3n) is 7.95. The van der Waals surface area contributed by atoms with Crippen LogP contribution in [0.1, 0.15) is 55.9 Å². The van der Waals surface area contributed by atoms with E-state index < -0.39 is 0 Å². The molecule has 37 heavy (non-hydrogen) atoms. The first-order chi connectivity index (χ1) is 18.0. The normalized spacial score (nSPS) is 22.4. The first-order valence-corrected chi connectivity index (χ1v) is 13.5. The van der Waals surface area contributed by atoms with Gasteiger partial charge in [0.25, 0.3) is 0 Å². The Labute approximate surface area is 219 Å². The van der Waals surface area contributed by atoms with Gasteiger partial charge in [0, 0.05) is 23.7 Å². The summed E-state index contributed by atoms with van der Waals surface area (Å²) < 4.78 is 12.8. The maximum Gasteiger partial charge on any atom is 0.150 e. The van der Waals surface area contributed by atoms with Gasteiger partial charge < -0.3 is 19.7 Å². The molecule has 1 aliphatic carbocycles. The number of likely N-dealkylation sites (tertiary alicyclic amines) is 1. The van der Waals surface area contributed by atoms with Crippen molar-refractivity contribution in [2.45, 2.75) is 45.3 Å². The van der Waals surface area contributed by atoms with Crippen LogP contribution in [0.15, 0.2) is 66.7 Å². The van der Waals surface area contributed by atoms with Gasteiger partial charge in [-0.3, -0.25) is 4.90 Å². The number of hydrogen-bond donors (Lipinski definition) is 2. The number of benzene rings is 3. The van der Waals surface area contributed by atoms with Gasteiger partial charge in [-0.25, -0.2) is 0 Å². The Morgan fingerprint density at radius 2 is 1.73 bits per heavy atom. The summed E-state index contributed by atoms with van der Waals surface area (Å²) in [7, 11) is 0. The van der Waals surface area contributed by atoms with Crippen LogP contribution >= 0.6 is 0 Å². The molecule has 6 rings (SSSR count). The molecule has 1 saturated heterocycles. The van der Waals surface area contributed by atoms with Crippen LogP contribution in [0.25, 0.3) is 11.1 Å². The lowest BCUT2D eigenvalue weighted by Crippen LogP contribution is -2.35. The van der Waals surface area contributed by atoms with Crippen LogP contribution in [0, 0.1) is 11.8 Å². The van der Waals surface area contributed by atoms with E-state index >= 15 is 0 Å². The third-order valence-corrected chi connectivity index (χ3v) is 7.95. The van der Waals surface area contributed by atoms with E-state index in [-0.39, 0.29) is 17.6 Å². The average Bonchev–Trinajstić information content (AvgIpc) is 3.65. The SMILES string of the molecule is C[C@@H]1CCN([C@@H](C)COc2ccc(C3Oc4ccc(O)cc4C(C4CC4)=C3c3cccc(O)c3)cc2)C1. The molecular weight excluding hydrogens is 462 g/mol. The molecule has 3 aromatic carbocycles. The highest BCUT2D eigenvalue weighted by Crippen LogP contribution is 2.55. The summed E-state index contributed by atoms with van der Waals surface area (Å²) >= 11 is 0. The van der Waals surface area contributed by atoms with Crippen LogP contribution < -0.4 is 9.47 Å². The van der Waals surface area contributed by atoms with Gasteiger partial charge in [0.15, 0.2) is 0 Å². The molecule has 0 spiro atoms. The molecule has 2 aliphatic heterocycles. The Morgan fingerprint density at radius 3 is 2.43 bits per heavy atom. The Kier molecular flexibility index (Phi) is 6.33. The third kappa shape index (κ3) is 4.93. The van der Waals surface area contributed by atoms with Crippen molar-refractivity contribution in [1.82, 2.24) is 4.90 Å². The smallest absolute Gasteiger partial charge is 0.150 e. The van der Waals surface area contributed by atoms with Crippen LogP contribution in [-0.2, 0) is 0 Å². The Morgan fingerprint density at radius 1 is 0.946 bits per heavy atom. The van der Waals surface area contributed by atoms with Gasteiger partial charge in [0.1, 0.15) is 35.7 Å². The second-order valence-electron chi connectivity index (χ2n) is 10.9. The number of ether oxygens (including phenoxy) is 2. The highest BCUT2D eigenvalue weighted by molar-refractivity contribution is 5.98. The van der Waals surface area contributed by atoms with E-state index in [2.05, 4.69) is 30.9 Å². The number of rotatable bonds is 7. The highest BCUT2D eigenvalue weighted by atomic mass is 16.5. The number of fused-ring (bicyclic) bond motifs is 1. The van der Waals surface area contributed by atoms with E-state index in [1.54, 1.807) is 24.3 Å². The van der Waals surface area contributed by atoms with E-state index in [1.807, 2.05) is 30.3 Å². The van der Waals surface area contributed by atoms with Crippen LogP contribution in [0.2, 0.25) is 0 Å². The van der Waals surface area contributed by atoms with Crippen LogP contribution in [0.3, 0.4) is 0 Å². The predicted octanol–water partition coefficient (Wildman–Crippen LogP) is 6.66. The zero-order valence-corrected chi connectivity index (χ0v) is 21.6. The van der Waals surface area contributed by atoms with Crippen molar-refractivity contribution < 1.29 is 19.7 Å². The molecule has 2 fully saturated rings. The van der Waals surface area contributed by atoms with Crippen molar-refractivity contribution in [3.63, 3.8) is 0 Å². The Bertz CT molecular complexity index is 1310. The number of phenols is 2. The summed E-state index contributed by atoms with van der Waals surface area (Å²) in [4.78, 5) is 2.51. The van der Waals surface area contributed by atoms with Crippen LogP contribution in [-0.4, -0.2) is 40.9 Å². The number of nitrogens with zero attached hydrogens (tertiary/aromatic N) is 1. The van der Waals surface area contributed by atoms with E-state index in [1.165, 1.54) is 12.0 Å². The fourth-order valence-electron chi connectivity index (χ4n) is 5.76. The number of phenolic OH excluding ortho intramolecular Hbond substituents is 2. The van der Waals surface area contributed by atoms with Gasteiger partial charge in [-0.2, -0.15) is 0 Å². The molecule has 3 aliphatic rings. The molecule has 192 valence electrons. The quantitative estimate of drug-likeness (QED) is 0.382. The van der Waals surface area contributed by atoms with Gasteiger partial charge in [-0.1, -0.05) is 31.2 Å². The Hall–Kier alpha value is -3.44. The molecule has 5 nitrogen and oxygen atoms in total. The van der Waals surface area contributed by atoms with Gasteiger partial charge >= 0.3 is 0 Å². The molecule has 1 saturated carbocycles. The topological polar surface area (TPSA) is 62.2 Å². The minimum absolute atomic E-state index is 0.228. The van der Waals surface area contributed by atoms with Crippen molar-refractivity contribution in [2.24, 2.45) is 11.8 Å². The second kappa shape index (κ2) is 9.79. The van der Waals surface area contributed by atoms with Gasteiger partial charge in [0.2, 0.25) is 0 Å². The van der Waals surface area contributed by atoms with Crippen molar-refractivity contribution in [3.8, 4) is 23.0 Å². The highest BCUT2D eigenvalue weighted by Gasteiger charge is 2.38. The molecule has 0 radical (unpaired) electrons. The Balaban J connectivity index is 1.31. The maximum atomic E-state index is 10.3. The van der Waals surface area contributed by atoms with Gasteiger partial charge in [0.05, 0.1) is 0 Å². The number of hydrogen-bond acceptors (Lipinski definition) is 5. The molecule has 0 bridgehead atoms. The summed E-state index contributed by atoms with van der Waals surface area (Å²) in [6.45, 7) is 7.52. The van der Waals surface area contributed by atoms with Crippen molar-refractivity contribution in [1.29, 1.82) is 0 Å². The summed E-state index contributed by atoms with van der Waals surface area (Å²) in [6.07, 6.45) is 3.16. The summed E-state index contributed by atoms with van der Waals surface area (Å²) in [5.74, 6) is 3.28. The standard InChI is InChI=1S/C32H35NO4/c1-20-14-15-33(18-20)21(2)19-36-27-11-8-23(9-12-27)32-31(24-4-3-5-25(34)16-24)30(22-6-7-22)28-17-26(35)10-13-29(28)37-32/h3-5,8-13,16-17,20-22,32,34-35H,6-7,14-15,18-19H2,1-2H3/t20-,21+,32?/m1/s1. The molecule has 0 amide bonds. The van der Waals surface area contributed by atoms with Crippen molar-refractivity contribution >= 4 is 11.1 Å². The lowest BCUT2D eigenvalue weighted by Gasteiger charge is -2.32. The van der Waals surface area contributed by atoms with Crippen LogP contribution in [0.4, 0.5) is 0 Å². The fourth-order valence-corrected chi connectivity index (χ4v) is 5.76. The van der Waals surface area contributed by atoms with E-state index in [4.69, 9.17) is 9.47 Å². The lowest BCUT2D eigenvalue weighted by atomic mass is 9.83. The number of aromatic hydroxyl groups is 2. The zero-order chi connectivity index (χ0) is 25.5. The summed E-state index contributed by atoms with van der Waals surface area (Å²) in [5, 5.41) is 20.5. The largest absolute Gasteiger partial charge is 0.508 e. The van der Waals surface area contributed by atoms with E-state index in [9.17, 15) is 10.2 Å². The lowest BCUT2D eigenvalue weighted by molar-refractivity contribution is 0.169. The minimum atomic E-state index is -0.325. The number of allylic oxidation sites excluding steroid dienone is 1. The molecule has 1 unspecified atom stereocenters. The van der Waals surface area contributed by atoms with E-state index in [0.29, 0.717) is 18.6 Å². The first kappa shape index (κ1) is 23.9. The molecule has 3 atom stereocenters. The summed E-state index contributed by atoms with van der Waals surface area (Å²) in [6, 6.07) is 21.4. The first-order valence-electron chi connectivity index (χ1n) is 13.5. The molecule has 0 aromatic heterocycles. The maximum absolute atomic E-state index is 10.3.